The summed E-state index contributed by atoms with van der Waals surface area (Å²) in [6, 6.07) is 5.39. The first kappa shape index (κ1) is 23.2. The number of carbonyl (C=O) groups excluding carboxylic acids is 1. The van der Waals surface area contributed by atoms with Gasteiger partial charge >= 0.3 is 0 Å². The van der Waals surface area contributed by atoms with Gasteiger partial charge in [-0.05, 0) is 42.4 Å². The van der Waals surface area contributed by atoms with Gasteiger partial charge in [0.2, 0.25) is 15.9 Å². The second kappa shape index (κ2) is 9.32. The first-order valence-electron chi connectivity index (χ1n) is 10.9. The van der Waals surface area contributed by atoms with Gasteiger partial charge in [-0.25, -0.2) is 12.8 Å². The number of hydrogen-bond donors (Lipinski definition) is 1. The number of amides is 1. The van der Waals surface area contributed by atoms with Crippen molar-refractivity contribution in [2.75, 3.05) is 32.7 Å². The monoisotopic (exact) mass is 439 g/mol. The highest BCUT2D eigenvalue weighted by Gasteiger charge is 2.35. The number of piperazine rings is 1. The third kappa shape index (κ3) is 5.39. The number of nitrogens with one attached hydrogen (secondary N) is 1. The zero-order valence-corrected chi connectivity index (χ0v) is 19.0. The van der Waals surface area contributed by atoms with Gasteiger partial charge < -0.3 is 10.2 Å². The molecule has 1 aromatic rings. The summed E-state index contributed by atoms with van der Waals surface area (Å²) in [6.07, 6.45) is 4.71. The van der Waals surface area contributed by atoms with Crippen molar-refractivity contribution in [1.82, 2.24) is 14.5 Å². The lowest BCUT2D eigenvalue weighted by Gasteiger charge is -2.41. The smallest absolute Gasteiger partial charge is 0.243 e. The van der Waals surface area contributed by atoms with E-state index in [0.717, 1.165) is 12.5 Å². The van der Waals surface area contributed by atoms with Crippen LogP contribution in [0.15, 0.2) is 29.2 Å². The third-order valence-corrected chi connectivity index (χ3v) is 8.31. The summed E-state index contributed by atoms with van der Waals surface area (Å²) in [5.74, 6) is -0.0180. The molecule has 1 heterocycles. The number of rotatable bonds is 5. The SMILES string of the molecule is CC(C)(C)C1CCCCC1NCC(=O)N1CCN(S(=O)(=O)c2cccc(F)c2)CC1. The van der Waals surface area contributed by atoms with Crippen molar-refractivity contribution in [1.29, 1.82) is 0 Å². The van der Waals surface area contributed by atoms with E-state index in [1.54, 1.807) is 4.90 Å². The molecule has 0 bridgehead atoms. The Balaban J connectivity index is 1.53. The van der Waals surface area contributed by atoms with Crippen LogP contribution in [0, 0.1) is 17.2 Å². The van der Waals surface area contributed by atoms with Gasteiger partial charge in [0.15, 0.2) is 0 Å². The van der Waals surface area contributed by atoms with E-state index in [1.807, 2.05) is 0 Å². The van der Waals surface area contributed by atoms with E-state index in [4.69, 9.17) is 0 Å². The largest absolute Gasteiger partial charge is 0.339 e. The number of hydrogen-bond acceptors (Lipinski definition) is 4. The molecule has 0 radical (unpaired) electrons. The Labute approximate surface area is 179 Å². The van der Waals surface area contributed by atoms with Crippen LogP contribution in [-0.2, 0) is 14.8 Å². The zero-order chi connectivity index (χ0) is 21.9. The predicted octanol–water partition coefficient (Wildman–Crippen LogP) is 2.85. The fraction of sp³-hybridized carbons (Fsp3) is 0.682. The average Bonchev–Trinajstić information content (AvgIpc) is 2.71. The molecule has 30 heavy (non-hydrogen) atoms. The Kier molecular flexibility index (Phi) is 7.20. The topological polar surface area (TPSA) is 69.7 Å². The number of benzene rings is 1. The number of nitrogens with zero attached hydrogens (tertiary/aromatic N) is 2. The summed E-state index contributed by atoms with van der Waals surface area (Å²) in [5.41, 5.74) is 0.206. The molecule has 1 saturated carbocycles. The molecule has 8 heteroatoms. The van der Waals surface area contributed by atoms with Crippen LogP contribution in [0.25, 0.3) is 0 Å². The molecule has 2 unspecified atom stereocenters. The van der Waals surface area contributed by atoms with Crippen LogP contribution in [0.3, 0.4) is 0 Å². The second-order valence-electron chi connectivity index (χ2n) is 9.49. The van der Waals surface area contributed by atoms with Gasteiger partial charge in [-0.2, -0.15) is 4.31 Å². The Bertz CT molecular complexity index is 845. The molecule has 168 valence electrons. The van der Waals surface area contributed by atoms with Crippen molar-refractivity contribution in [2.45, 2.75) is 57.4 Å². The molecular formula is C22H34FN3O3S. The van der Waals surface area contributed by atoms with E-state index in [2.05, 4.69) is 26.1 Å². The summed E-state index contributed by atoms with van der Waals surface area (Å²) in [4.78, 5) is 14.4. The van der Waals surface area contributed by atoms with Gasteiger partial charge in [0.25, 0.3) is 0 Å². The standard InChI is InChI=1S/C22H34FN3O3S/c1-22(2,3)19-9-4-5-10-20(19)24-16-21(27)25-11-13-26(14-12-25)30(28,29)18-8-6-7-17(23)15-18/h6-8,15,19-20,24H,4-5,9-14,16H2,1-3H3. The first-order chi connectivity index (χ1) is 14.1. The van der Waals surface area contributed by atoms with Crippen molar-refractivity contribution < 1.29 is 17.6 Å². The van der Waals surface area contributed by atoms with Crippen molar-refractivity contribution in [3.63, 3.8) is 0 Å². The van der Waals surface area contributed by atoms with E-state index < -0.39 is 15.8 Å². The molecule has 2 atom stereocenters. The predicted molar refractivity (Wildman–Crippen MR) is 115 cm³/mol. The third-order valence-electron chi connectivity index (χ3n) is 6.42. The molecule has 0 aromatic heterocycles. The molecule has 0 spiro atoms. The molecule has 1 amide bonds. The Hall–Kier alpha value is -1.51. The van der Waals surface area contributed by atoms with E-state index >= 15 is 0 Å². The van der Waals surface area contributed by atoms with E-state index in [9.17, 15) is 17.6 Å². The number of sulfonamides is 1. The highest BCUT2D eigenvalue weighted by atomic mass is 32.2. The summed E-state index contributed by atoms with van der Waals surface area (Å²) >= 11 is 0. The van der Waals surface area contributed by atoms with Crippen LogP contribution in [0.5, 0.6) is 0 Å². The van der Waals surface area contributed by atoms with Crippen molar-refractivity contribution in [3.05, 3.63) is 30.1 Å². The number of carbonyl (C=O) groups is 1. The Morgan fingerprint density at radius 3 is 2.43 bits per heavy atom. The molecule has 1 aliphatic heterocycles. The Morgan fingerprint density at radius 2 is 1.80 bits per heavy atom. The highest BCUT2D eigenvalue weighted by Crippen LogP contribution is 2.37. The van der Waals surface area contributed by atoms with Gasteiger partial charge in [0, 0.05) is 32.2 Å². The summed E-state index contributed by atoms with van der Waals surface area (Å²) in [6.45, 7) is 8.21. The summed E-state index contributed by atoms with van der Waals surface area (Å²) < 4.78 is 40.2. The van der Waals surface area contributed by atoms with Gasteiger partial charge in [-0.15, -0.1) is 0 Å². The van der Waals surface area contributed by atoms with Crippen LogP contribution in [-0.4, -0.2) is 62.3 Å². The summed E-state index contributed by atoms with van der Waals surface area (Å²) in [5, 5.41) is 3.48. The molecule has 2 fully saturated rings. The number of halogens is 1. The highest BCUT2D eigenvalue weighted by molar-refractivity contribution is 7.89. The minimum absolute atomic E-state index is 0.0102. The normalized spacial score (nSPS) is 24.1. The Morgan fingerprint density at radius 1 is 1.13 bits per heavy atom. The van der Waals surface area contributed by atoms with E-state index in [0.29, 0.717) is 25.0 Å². The molecular weight excluding hydrogens is 405 g/mol. The maximum Gasteiger partial charge on any atom is 0.243 e. The van der Waals surface area contributed by atoms with E-state index in [1.165, 1.54) is 41.8 Å². The quantitative estimate of drug-likeness (QED) is 0.766. The fourth-order valence-electron chi connectivity index (χ4n) is 4.70. The maximum absolute atomic E-state index is 13.4. The van der Waals surface area contributed by atoms with Crippen LogP contribution in [0.2, 0.25) is 0 Å². The average molecular weight is 440 g/mol. The minimum atomic E-state index is -3.75. The zero-order valence-electron chi connectivity index (χ0n) is 18.2. The van der Waals surface area contributed by atoms with Gasteiger partial charge in [-0.1, -0.05) is 39.7 Å². The lowest BCUT2D eigenvalue weighted by Crippen LogP contribution is -2.54. The molecule has 1 N–H and O–H groups in total. The van der Waals surface area contributed by atoms with Crippen molar-refractivity contribution in [3.8, 4) is 0 Å². The van der Waals surface area contributed by atoms with Crippen molar-refractivity contribution in [2.24, 2.45) is 11.3 Å². The van der Waals surface area contributed by atoms with E-state index in [-0.39, 0.29) is 35.9 Å². The van der Waals surface area contributed by atoms with Gasteiger partial charge in [-0.3, -0.25) is 4.79 Å². The van der Waals surface area contributed by atoms with Gasteiger partial charge in [0.1, 0.15) is 5.82 Å². The van der Waals surface area contributed by atoms with Crippen LogP contribution in [0.1, 0.15) is 46.5 Å². The molecule has 1 aromatic carbocycles. The molecule has 3 rings (SSSR count). The fourth-order valence-corrected chi connectivity index (χ4v) is 6.15. The molecule has 1 saturated heterocycles. The minimum Gasteiger partial charge on any atom is -0.339 e. The van der Waals surface area contributed by atoms with Crippen LogP contribution in [0.4, 0.5) is 4.39 Å². The molecule has 2 aliphatic rings. The molecule has 6 nitrogen and oxygen atoms in total. The molecule has 1 aliphatic carbocycles. The first-order valence-corrected chi connectivity index (χ1v) is 12.3. The van der Waals surface area contributed by atoms with Crippen LogP contribution >= 0.6 is 0 Å². The van der Waals surface area contributed by atoms with Crippen molar-refractivity contribution >= 4 is 15.9 Å². The maximum atomic E-state index is 13.4. The second-order valence-corrected chi connectivity index (χ2v) is 11.4. The van der Waals surface area contributed by atoms with Crippen LogP contribution < -0.4 is 5.32 Å². The summed E-state index contributed by atoms with van der Waals surface area (Å²) in [7, 11) is -3.75. The lowest BCUT2D eigenvalue weighted by atomic mass is 9.69. The van der Waals surface area contributed by atoms with Gasteiger partial charge in [0.05, 0.1) is 11.4 Å². The lowest BCUT2D eigenvalue weighted by molar-refractivity contribution is -0.131.